The average molecular weight is 252 g/mol. The smallest absolute Gasteiger partial charge is 0.320 e. The van der Waals surface area contributed by atoms with E-state index >= 15 is 0 Å². The molecule has 1 heterocycles. The number of nitrogens with one attached hydrogen (secondary N) is 1. The lowest BCUT2D eigenvalue weighted by atomic mass is 10.0. The fourth-order valence-corrected chi connectivity index (χ4v) is 1.98. The first-order valence-corrected chi connectivity index (χ1v) is 6.63. The van der Waals surface area contributed by atoms with E-state index in [1.165, 1.54) is 0 Å². The summed E-state index contributed by atoms with van der Waals surface area (Å²) in [6.07, 6.45) is 5.88. The minimum absolute atomic E-state index is 0.378. The molecule has 1 unspecified atom stereocenters. The Morgan fingerprint density at radius 2 is 2.22 bits per heavy atom. The van der Waals surface area contributed by atoms with Crippen molar-refractivity contribution in [2.45, 2.75) is 52.7 Å². The maximum Gasteiger partial charge on any atom is 0.320 e. The van der Waals surface area contributed by atoms with Crippen molar-refractivity contribution < 1.29 is 9.90 Å². The minimum atomic E-state index is -0.767. The molecule has 1 aromatic rings. The minimum Gasteiger partial charge on any atom is -0.480 e. The molecule has 102 valence electrons. The van der Waals surface area contributed by atoms with Gasteiger partial charge in [-0.15, -0.1) is 0 Å². The summed E-state index contributed by atoms with van der Waals surface area (Å²) in [6.45, 7) is 7.83. The molecule has 0 radical (unpaired) electrons. The largest absolute Gasteiger partial charge is 0.480 e. The van der Waals surface area contributed by atoms with Gasteiger partial charge in [-0.05, 0) is 30.4 Å². The number of rotatable bonds is 8. The topological polar surface area (TPSA) is 54.3 Å². The maximum atomic E-state index is 11.1. The predicted octanol–water partition coefficient (Wildman–Crippen LogP) is 2.49. The van der Waals surface area contributed by atoms with Crippen LogP contribution in [0.2, 0.25) is 0 Å². The Bertz CT molecular complexity index is 372. The highest BCUT2D eigenvalue weighted by atomic mass is 16.4. The Balaban J connectivity index is 2.47. The third-order valence-electron chi connectivity index (χ3n) is 2.85. The monoisotopic (exact) mass is 252 g/mol. The van der Waals surface area contributed by atoms with Gasteiger partial charge >= 0.3 is 5.97 Å². The lowest BCUT2D eigenvalue weighted by Gasteiger charge is -2.15. The average Bonchev–Trinajstić information content (AvgIpc) is 2.72. The summed E-state index contributed by atoms with van der Waals surface area (Å²) in [5, 5.41) is 12.2. The van der Waals surface area contributed by atoms with Crippen LogP contribution in [-0.2, 0) is 17.9 Å². The molecule has 4 nitrogen and oxygen atoms in total. The number of hydrogen-bond donors (Lipinski definition) is 2. The molecule has 1 atom stereocenters. The molecule has 0 aliphatic carbocycles. The van der Waals surface area contributed by atoms with Gasteiger partial charge in [-0.3, -0.25) is 4.79 Å². The van der Waals surface area contributed by atoms with E-state index in [4.69, 9.17) is 5.11 Å². The lowest BCUT2D eigenvalue weighted by Crippen LogP contribution is -2.37. The molecule has 0 aromatic carbocycles. The van der Waals surface area contributed by atoms with Gasteiger partial charge in [0.25, 0.3) is 0 Å². The summed E-state index contributed by atoms with van der Waals surface area (Å²) in [6, 6.07) is 1.58. The molecule has 0 aliphatic heterocycles. The lowest BCUT2D eigenvalue weighted by molar-refractivity contribution is -0.140. The van der Waals surface area contributed by atoms with Crippen molar-refractivity contribution in [2.24, 2.45) is 5.92 Å². The van der Waals surface area contributed by atoms with Gasteiger partial charge in [0.2, 0.25) is 0 Å². The van der Waals surface area contributed by atoms with Crippen LogP contribution in [0.4, 0.5) is 0 Å². The highest BCUT2D eigenvalue weighted by Crippen LogP contribution is 2.07. The number of aryl methyl sites for hydroxylation is 1. The summed E-state index contributed by atoms with van der Waals surface area (Å²) < 4.78 is 2.13. The SMILES string of the molecule is CCCn1ccc(CNC(CC(C)C)C(=O)O)c1. The van der Waals surface area contributed by atoms with Gasteiger partial charge in [-0.1, -0.05) is 20.8 Å². The van der Waals surface area contributed by atoms with Gasteiger partial charge < -0.3 is 15.0 Å². The van der Waals surface area contributed by atoms with Crippen LogP contribution in [0.5, 0.6) is 0 Å². The van der Waals surface area contributed by atoms with Gasteiger partial charge in [0, 0.05) is 25.5 Å². The summed E-state index contributed by atoms with van der Waals surface area (Å²) in [7, 11) is 0. The van der Waals surface area contributed by atoms with Crippen LogP contribution < -0.4 is 5.32 Å². The molecule has 0 fully saturated rings. The molecule has 1 aromatic heterocycles. The van der Waals surface area contributed by atoms with Crippen molar-refractivity contribution >= 4 is 5.97 Å². The quantitative estimate of drug-likeness (QED) is 0.747. The third-order valence-corrected chi connectivity index (χ3v) is 2.85. The molecular formula is C14H24N2O2. The summed E-state index contributed by atoms with van der Waals surface area (Å²) in [4.78, 5) is 11.1. The first kappa shape index (κ1) is 14.8. The molecule has 0 saturated carbocycles. The number of carbonyl (C=O) groups is 1. The van der Waals surface area contributed by atoms with E-state index in [0.29, 0.717) is 18.9 Å². The van der Waals surface area contributed by atoms with Crippen LogP contribution in [0.1, 0.15) is 39.2 Å². The van der Waals surface area contributed by atoms with Crippen LogP contribution in [0.25, 0.3) is 0 Å². The molecule has 0 amide bonds. The van der Waals surface area contributed by atoms with E-state index in [1.807, 2.05) is 26.1 Å². The number of carboxylic acids is 1. The zero-order valence-electron chi connectivity index (χ0n) is 11.5. The van der Waals surface area contributed by atoms with Gasteiger partial charge in [0.05, 0.1) is 0 Å². The van der Waals surface area contributed by atoms with Crippen molar-refractivity contribution in [2.75, 3.05) is 0 Å². The second kappa shape index (κ2) is 7.21. The zero-order chi connectivity index (χ0) is 13.5. The zero-order valence-corrected chi connectivity index (χ0v) is 11.5. The van der Waals surface area contributed by atoms with Crippen LogP contribution in [0.15, 0.2) is 18.5 Å². The molecule has 18 heavy (non-hydrogen) atoms. The van der Waals surface area contributed by atoms with E-state index in [9.17, 15) is 4.79 Å². The number of carboxylic acid groups (broad SMARTS) is 1. The molecule has 1 rings (SSSR count). The molecule has 2 N–H and O–H groups in total. The van der Waals surface area contributed by atoms with Crippen LogP contribution in [-0.4, -0.2) is 21.7 Å². The van der Waals surface area contributed by atoms with E-state index in [1.54, 1.807) is 0 Å². The Morgan fingerprint density at radius 3 is 2.78 bits per heavy atom. The van der Waals surface area contributed by atoms with E-state index in [2.05, 4.69) is 23.0 Å². The summed E-state index contributed by atoms with van der Waals surface area (Å²) >= 11 is 0. The second-order valence-electron chi connectivity index (χ2n) is 5.16. The molecule has 4 heteroatoms. The standard InChI is InChI=1S/C14H24N2O2/c1-4-6-16-7-5-12(10-16)9-15-13(14(17)18)8-11(2)3/h5,7,10-11,13,15H,4,6,8-9H2,1-3H3,(H,17,18). The van der Waals surface area contributed by atoms with Gasteiger partial charge in [-0.25, -0.2) is 0 Å². The first-order chi connectivity index (χ1) is 8.52. The van der Waals surface area contributed by atoms with Gasteiger partial charge in [0.1, 0.15) is 6.04 Å². The molecule has 0 bridgehead atoms. The van der Waals surface area contributed by atoms with Crippen molar-refractivity contribution in [1.29, 1.82) is 0 Å². The fraction of sp³-hybridized carbons (Fsp3) is 0.643. The van der Waals surface area contributed by atoms with Crippen molar-refractivity contribution in [3.05, 3.63) is 24.0 Å². The summed E-state index contributed by atoms with van der Waals surface area (Å²) in [5.41, 5.74) is 1.14. The van der Waals surface area contributed by atoms with Crippen LogP contribution >= 0.6 is 0 Å². The Labute approximate surface area is 109 Å². The Morgan fingerprint density at radius 1 is 1.50 bits per heavy atom. The number of hydrogen-bond acceptors (Lipinski definition) is 2. The highest BCUT2D eigenvalue weighted by molar-refractivity contribution is 5.73. The summed E-state index contributed by atoms with van der Waals surface area (Å²) in [5.74, 6) is -0.389. The fourth-order valence-electron chi connectivity index (χ4n) is 1.98. The Kier molecular flexibility index (Phi) is 5.92. The van der Waals surface area contributed by atoms with Crippen LogP contribution in [0, 0.1) is 5.92 Å². The van der Waals surface area contributed by atoms with E-state index in [-0.39, 0.29) is 0 Å². The number of nitrogens with zero attached hydrogens (tertiary/aromatic N) is 1. The molecule has 0 aliphatic rings. The molecule has 0 saturated heterocycles. The maximum absolute atomic E-state index is 11.1. The number of aliphatic carboxylic acids is 1. The number of aromatic nitrogens is 1. The van der Waals surface area contributed by atoms with Crippen molar-refractivity contribution in [3.8, 4) is 0 Å². The van der Waals surface area contributed by atoms with Gasteiger partial charge in [0.15, 0.2) is 0 Å². The van der Waals surface area contributed by atoms with Crippen molar-refractivity contribution in [1.82, 2.24) is 9.88 Å². The van der Waals surface area contributed by atoms with Gasteiger partial charge in [-0.2, -0.15) is 0 Å². The normalized spacial score (nSPS) is 12.9. The second-order valence-corrected chi connectivity index (χ2v) is 5.16. The van der Waals surface area contributed by atoms with E-state index in [0.717, 1.165) is 18.5 Å². The predicted molar refractivity (Wildman–Crippen MR) is 72.4 cm³/mol. The first-order valence-electron chi connectivity index (χ1n) is 6.63. The van der Waals surface area contributed by atoms with Crippen molar-refractivity contribution in [3.63, 3.8) is 0 Å². The van der Waals surface area contributed by atoms with E-state index < -0.39 is 12.0 Å². The highest BCUT2D eigenvalue weighted by Gasteiger charge is 2.17. The van der Waals surface area contributed by atoms with Crippen LogP contribution in [0.3, 0.4) is 0 Å². The molecule has 0 spiro atoms. The Hall–Kier alpha value is -1.29. The molecular weight excluding hydrogens is 228 g/mol. The third kappa shape index (κ3) is 4.92.